The second-order valence-corrected chi connectivity index (χ2v) is 6.92. The lowest BCUT2D eigenvalue weighted by atomic mass is 10.2. The Kier molecular flexibility index (Phi) is 5.07. The first kappa shape index (κ1) is 13.1. The molecule has 2 heterocycles. The van der Waals surface area contributed by atoms with Gasteiger partial charge in [0.1, 0.15) is 0 Å². The molecule has 0 bridgehead atoms. The lowest BCUT2D eigenvalue weighted by Crippen LogP contribution is -2.22. The van der Waals surface area contributed by atoms with Crippen molar-refractivity contribution in [1.29, 1.82) is 0 Å². The van der Waals surface area contributed by atoms with Crippen LogP contribution in [0.2, 0.25) is 0 Å². The molecule has 0 amide bonds. The van der Waals surface area contributed by atoms with Crippen molar-refractivity contribution in [2.24, 2.45) is 0 Å². The van der Waals surface area contributed by atoms with Crippen LogP contribution in [0.4, 0.5) is 0 Å². The van der Waals surface area contributed by atoms with Crippen molar-refractivity contribution in [3.63, 3.8) is 0 Å². The van der Waals surface area contributed by atoms with Crippen molar-refractivity contribution in [3.05, 3.63) is 17.0 Å². The number of Topliss-reactive ketones (excluding diaryl/α,β-unsaturated/α-hetero) is 1. The predicted molar refractivity (Wildman–Crippen MR) is 75.3 cm³/mol. The van der Waals surface area contributed by atoms with Crippen LogP contribution >= 0.6 is 23.1 Å². The number of ketones is 1. The van der Waals surface area contributed by atoms with Crippen molar-refractivity contribution in [1.82, 2.24) is 4.90 Å². The van der Waals surface area contributed by atoms with Gasteiger partial charge in [-0.2, -0.15) is 0 Å². The molecule has 0 aromatic carbocycles. The molecule has 17 heavy (non-hydrogen) atoms. The van der Waals surface area contributed by atoms with E-state index in [-0.39, 0.29) is 0 Å². The van der Waals surface area contributed by atoms with Crippen molar-refractivity contribution in [2.45, 2.75) is 30.4 Å². The molecule has 0 saturated carbocycles. The van der Waals surface area contributed by atoms with Crippen LogP contribution in [0.5, 0.6) is 0 Å². The fraction of sp³-hybridized carbons (Fsp3) is 0.615. The Hall–Kier alpha value is -0.320. The Morgan fingerprint density at radius 2 is 2.18 bits per heavy atom. The van der Waals surface area contributed by atoms with Gasteiger partial charge in [0.25, 0.3) is 0 Å². The van der Waals surface area contributed by atoms with Crippen LogP contribution in [0.25, 0.3) is 0 Å². The molecule has 1 saturated heterocycles. The molecule has 2 nitrogen and oxygen atoms in total. The molecule has 0 aliphatic carbocycles. The minimum atomic E-state index is 0.310. The standard InChI is InChI=1S/C13H19NOS2/c1-2-16-13-6-5-12(17-13)11(15)7-10-14-8-3-4-9-14/h5-6H,2-4,7-10H2,1H3. The van der Waals surface area contributed by atoms with Crippen LogP contribution in [0.15, 0.2) is 16.3 Å². The molecule has 0 radical (unpaired) electrons. The molecule has 1 aliphatic rings. The van der Waals surface area contributed by atoms with E-state index in [1.807, 2.05) is 17.8 Å². The Balaban J connectivity index is 1.81. The van der Waals surface area contributed by atoms with E-state index < -0.39 is 0 Å². The summed E-state index contributed by atoms with van der Waals surface area (Å²) in [5, 5.41) is 0. The molecule has 4 heteroatoms. The van der Waals surface area contributed by atoms with Crippen LogP contribution in [0, 0.1) is 0 Å². The summed E-state index contributed by atoms with van der Waals surface area (Å²) in [5.74, 6) is 1.38. The Morgan fingerprint density at radius 1 is 1.41 bits per heavy atom. The molecule has 0 spiro atoms. The Labute approximate surface area is 111 Å². The van der Waals surface area contributed by atoms with Crippen molar-refractivity contribution in [3.8, 4) is 0 Å². The van der Waals surface area contributed by atoms with E-state index in [4.69, 9.17) is 0 Å². The number of hydrogen-bond acceptors (Lipinski definition) is 4. The summed E-state index contributed by atoms with van der Waals surface area (Å²) >= 11 is 3.46. The normalized spacial score (nSPS) is 16.5. The highest BCUT2D eigenvalue weighted by molar-refractivity contribution is 8.01. The summed E-state index contributed by atoms with van der Waals surface area (Å²) in [6.45, 7) is 5.43. The van der Waals surface area contributed by atoms with E-state index >= 15 is 0 Å². The molecule has 0 atom stereocenters. The van der Waals surface area contributed by atoms with Gasteiger partial charge >= 0.3 is 0 Å². The topological polar surface area (TPSA) is 20.3 Å². The lowest BCUT2D eigenvalue weighted by Gasteiger charge is -2.12. The van der Waals surface area contributed by atoms with Gasteiger partial charge in [0.15, 0.2) is 5.78 Å². The first-order chi connectivity index (χ1) is 8.29. The Morgan fingerprint density at radius 3 is 2.88 bits per heavy atom. The summed E-state index contributed by atoms with van der Waals surface area (Å²) in [5.41, 5.74) is 0. The third-order valence-electron chi connectivity index (χ3n) is 3.00. The summed E-state index contributed by atoms with van der Waals surface area (Å²) in [6.07, 6.45) is 3.27. The first-order valence-corrected chi connectivity index (χ1v) is 8.08. The molecule has 1 aromatic rings. The number of thioether (sulfide) groups is 1. The first-order valence-electron chi connectivity index (χ1n) is 6.28. The van der Waals surface area contributed by atoms with Gasteiger partial charge in [0.2, 0.25) is 0 Å². The number of carbonyl (C=O) groups is 1. The average Bonchev–Trinajstić information content (AvgIpc) is 2.97. The van der Waals surface area contributed by atoms with Gasteiger partial charge in [-0.1, -0.05) is 6.92 Å². The van der Waals surface area contributed by atoms with Crippen molar-refractivity contribution >= 4 is 28.9 Å². The smallest absolute Gasteiger partial charge is 0.174 e. The van der Waals surface area contributed by atoms with E-state index in [9.17, 15) is 4.79 Å². The molecule has 1 fully saturated rings. The van der Waals surface area contributed by atoms with Gasteiger partial charge in [-0.05, 0) is 43.8 Å². The number of likely N-dealkylation sites (tertiary alicyclic amines) is 1. The van der Waals surface area contributed by atoms with Crippen LogP contribution < -0.4 is 0 Å². The average molecular weight is 269 g/mol. The SMILES string of the molecule is CCSc1ccc(C(=O)CCN2CCCC2)s1. The molecular weight excluding hydrogens is 250 g/mol. The predicted octanol–water partition coefficient (Wildman–Crippen LogP) is 3.53. The molecule has 1 aromatic heterocycles. The van der Waals surface area contributed by atoms with Crippen LogP contribution in [0.3, 0.4) is 0 Å². The molecule has 2 rings (SSSR count). The second kappa shape index (κ2) is 6.57. The highest BCUT2D eigenvalue weighted by Gasteiger charge is 2.14. The zero-order valence-corrected chi connectivity index (χ0v) is 11.9. The lowest BCUT2D eigenvalue weighted by molar-refractivity contribution is 0.0973. The fourth-order valence-corrected chi connectivity index (χ4v) is 4.09. The number of nitrogens with zero attached hydrogens (tertiary/aromatic N) is 1. The zero-order chi connectivity index (χ0) is 12.1. The largest absolute Gasteiger partial charge is 0.303 e. The van der Waals surface area contributed by atoms with Gasteiger partial charge < -0.3 is 4.90 Å². The number of carbonyl (C=O) groups excluding carboxylic acids is 1. The monoisotopic (exact) mass is 269 g/mol. The maximum Gasteiger partial charge on any atom is 0.174 e. The highest BCUT2D eigenvalue weighted by Crippen LogP contribution is 2.27. The summed E-state index contributed by atoms with van der Waals surface area (Å²) in [4.78, 5) is 15.3. The van der Waals surface area contributed by atoms with Crippen LogP contribution in [-0.2, 0) is 0 Å². The van der Waals surface area contributed by atoms with E-state index in [0.717, 1.165) is 17.2 Å². The van der Waals surface area contributed by atoms with Crippen LogP contribution in [0.1, 0.15) is 35.9 Å². The summed E-state index contributed by atoms with van der Waals surface area (Å²) in [7, 11) is 0. The van der Waals surface area contributed by atoms with Gasteiger partial charge in [0, 0.05) is 13.0 Å². The third-order valence-corrected chi connectivity index (χ3v) is 5.23. The summed E-state index contributed by atoms with van der Waals surface area (Å²) < 4.78 is 1.26. The van der Waals surface area contributed by atoms with E-state index in [2.05, 4.69) is 17.9 Å². The maximum absolute atomic E-state index is 12.0. The summed E-state index contributed by atoms with van der Waals surface area (Å²) in [6, 6.07) is 4.05. The number of rotatable bonds is 6. The van der Waals surface area contributed by atoms with Crippen LogP contribution in [-0.4, -0.2) is 36.1 Å². The zero-order valence-electron chi connectivity index (χ0n) is 10.3. The van der Waals surface area contributed by atoms with E-state index in [1.165, 1.54) is 30.1 Å². The second-order valence-electron chi connectivity index (χ2n) is 4.27. The van der Waals surface area contributed by atoms with E-state index in [1.54, 1.807) is 11.3 Å². The Bertz CT molecular complexity index is 369. The maximum atomic E-state index is 12.0. The molecule has 0 unspecified atom stereocenters. The molecule has 0 N–H and O–H groups in total. The quantitative estimate of drug-likeness (QED) is 0.582. The minimum absolute atomic E-state index is 0.310. The van der Waals surface area contributed by atoms with Crippen molar-refractivity contribution in [2.75, 3.05) is 25.4 Å². The highest BCUT2D eigenvalue weighted by atomic mass is 32.2. The number of thiophene rings is 1. The molecular formula is C13H19NOS2. The third kappa shape index (κ3) is 3.83. The fourth-order valence-electron chi connectivity index (χ4n) is 2.08. The van der Waals surface area contributed by atoms with E-state index in [0.29, 0.717) is 12.2 Å². The minimum Gasteiger partial charge on any atom is -0.303 e. The van der Waals surface area contributed by atoms with Gasteiger partial charge in [-0.3, -0.25) is 4.79 Å². The number of hydrogen-bond donors (Lipinski definition) is 0. The van der Waals surface area contributed by atoms with Crippen molar-refractivity contribution < 1.29 is 4.79 Å². The molecule has 1 aliphatic heterocycles. The van der Waals surface area contributed by atoms with Gasteiger partial charge in [-0.25, -0.2) is 0 Å². The van der Waals surface area contributed by atoms with Gasteiger partial charge in [-0.15, -0.1) is 23.1 Å². The molecule has 94 valence electrons. The van der Waals surface area contributed by atoms with Gasteiger partial charge in [0.05, 0.1) is 9.09 Å².